The number of hydrogen-bond acceptors (Lipinski definition) is 7. The third-order valence-electron chi connectivity index (χ3n) is 2.52. The minimum Gasteiger partial charge on any atom is -0.461 e. The lowest BCUT2D eigenvalue weighted by Crippen LogP contribution is -2.28. The van der Waals surface area contributed by atoms with Crippen LogP contribution in [0.15, 0.2) is 0 Å². The molecule has 17 heavy (non-hydrogen) atoms. The fraction of sp³-hybridized carbons (Fsp3) is 0.700. The maximum Gasteiger partial charge on any atom is 0.323 e. The molecule has 0 bridgehead atoms. The van der Waals surface area contributed by atoms with E-state index in [-0.39, 0.29) is 12.1 Å². The van der Waals surface area contributed by atoms with Crippen molar-refractivity contribution < 1.29 is 4.74 Å². The van der Waals surface area contributed by atoms with Gasteiger partial charge in [-0.25, -0.2) is 5.84 Å². The highest BCUT2D eigenvalue weighted by atomic mass is 16.5. The Morgan fingerprint density at radius 1 is 1.24 bits per heavy atom. The van der Waals surface area contributed by atoms with Gasteiger partial charge in [-0.3, -0.25) is 5.43 Å². The molecule has 1 aromatic rings. The van der Waals surface area contributed by atoms with Gasteiger partial charge in [0.15, 0.2) is 0 Å². The summed E-state index contributed by atoms with van der Waals surface area (Å²) in [5.41, 5.74) is 2.41. The second-order valence-electron chi connectivity index (χ2n) is 4.35. The fourth-order valence-corrected chi connectivity index (χ4v) is 1.48. The Hall–Kier alpha value is -1.63. The topological polar surface area (TPSA) is 98.0 Å². The summed E-state index contributed by atoms with van der Waals surface area (Å²) in [4.78, 5) is 12.3. The predicted octanol–water partition coefficient (Wildman–Crippen LogP) is 0.909. The standard InChI is InChI=1S/C10H18N6O/c1-6(2)17-10-14-8(12-7-4-3-5-7)13-9(15-10)16-11/h6-7H,3-5,11H2,1-2H3,(H2,12,13,14,15,16). The van der Waals surface area contributed by atoms with Gasteiger partial charge in [-0.15, -0.1) is 0 Å². The maximum absolute atomic E-state index is 5.43. The average Bonchev–Trinajstić information content (AvgIpc) is 2.22. The first-order valence-corrected chi connectivity index (χ1v) is 5.83. The van der Waals surface area contributed by atoms with Gasteiger partial charge >= 0.3 is 6.01 Å². The van der Waals surface area contributed by atoms with Crippen molar-refractivity contribution in [3.63, 3.8) is 0 Å². The molecule has 7 heteroatoms. The molecule has 0 aliphatic heterocycles. The van der Waals surface area contributed by atoms with Crippen LogP contribution in [0.1, 0.15) is 33.1 Å². The van der Waals surface area contributed by atoms with Crippen LogP contribution in [0, 0.1) is 0 Å². The Bertz CT molecular complexity index is 379. The van der Waals surface area contributed by atoms with Gasteiger partial charge in [0.2, 0.25) is 11.9 Å². The number of hydrogen-bond donors (Lipinski definition) is 3. The van der Waals surface area contributed by atoms with Crippen molar-refractivity contribution in [2.24, 2.45) is 5.84 Å². The third kappa shape index (κ3) is 3.16. The Balaban J connectivity index is 2.12. The molecule has 0 radical (unpaired) electrons. The number of nitrogens with zero attached hydrogens (tertiary/aromatic N) is 3. The quantitative estimate of drug-likeness (QED) is 0.518. The van der Waals surface area contributed by atoms with E-state index in [9.17, 15) is 0 Å². The Morgan fingerprint density at radius 2 is 1.94 bits per heavy atom. The molecule has 0 unspecified atom stereocenters. The molecule has 1 heterocycles. The van der Waals surface area contributed by atoms with Crippen molar-refractivity contribution in [2.45, 2.75) is 45.3 Å². The number of nitrogen functional groups attached to an aromatic ring is 1. The molecular formula is C10H18N6O. The van der Waals surface area contributed by atoms with Crippen LogP contribution >= 0.6 is 0 Å². The largest absolute Gasteiger partial charge is 0.461 e. The van der Waals surface area contributed by atoms with Crippen molar-refractivity contribution in [3.05, 3.63) is 0 Å². The van der Waals surface area contributed by atoms with Crippen LogP contribution in [0.2, 0.25) is 0 Å². The van der Waals surface area contributed by atoms with Crippen molar-refractivity contribution >= 4 is 11.9 Å². The first kappa shape index (κ1) is 11.8. The Kier molecular flexibility index (Phi) is 3.58. The molecule has 0 spiro atoms. The van der Waals surface area contributed by atoms with Gasteiger partial charge < -0.3 is 10.1 Å². The van der Waals surface area contributed by atoms with E-state index in [1.165, 1.54) is 6.42 Å². The predicted molar refractivity (Wildman–Crippen MR) is 64.7 cm³/mol. The minimum atomic E-state index is 0.0135. The molecule has 1 aromatic heterocycles. The molecule has 1 saturated carbocycles. The van der Waals surface area contributed by atoms with Gasteiger partial charge in [-0.2, -0.15) is 15.0 Å². The van der Waals surface area contributed by atoms with Gasteiger partial charge in [0.05, 0.1) is 6.10 Å². The second kappa shape index (κ2) is 5.13. The molecule has 1 aliphatic rings. The highest BCUT2D eigenvalue weighted by Crippen LogP contribution is 2.22. The highest BCUT2D eigenvalue weighted by molar-refractivity contribution is 5.36. The summed E-state index contributed by atoms with van der Waals surface area (Å²) in [7, 11) is 0. The van der Waals surface area contributed by atoms with E-state index < -0.39 is 0 Å². The van der Waals surface area contributed by atoms with Crippen LogP contribution in [-0.4, -0.2) is 27.1 Å². The zero-order valence-corrected chi connectivity index (χ0v) is 10.1. The molecule has 1 fully saturated rings. The van der Waals surface area contributed by atoms with E-state index in [1.54, 1.807) is 0 Å². The van der Waals surface area contributed by atoms with Crippen LogP contribution in [0.25, 0.3) is 0 Å². The van der Waals surface area contributed by atoms with Gasteiger partial charge in [-0.1, -0.05) is 0 Å². The summed E-state index contributed by atoms with van der Waals surface area (Å²) in [6.07, 6.45) is 3.56. The first-order valence-electron chi connectivity index (χ1n) is 5.83. The van der Waals surface area contributed by atoms with Crippen LogP contribution < -0.4 is 21.3 Å². The van der Waals surface area contributed by atoms with E-state index >= 15 is 0 Å². The molecule has 2 rings (SSSR count). The number of hydrazine groups is 1. The highest BCUT2D eigenvalue weighted by Gasteiger charge is 2.19. The normalized spacial score (nSPS) is 15.5. The zero-order valence-electron chi connectivity index (χ0n) is 10.1. The molecule has 0 amide bonds. The summed E-state index contributed by atoms with van der Waals surface area (Å²) in [5.74, 6) is 6.12. The third-order valence-corrected chi connectivity index (χ3v) is 2.52. The molecule has 0 aromatic carbocycles. The van der Waals surface area contributed by atoms with E-state index in [0.29, 0.717) is 17.9 Å². The first-order chi connectivity index (χ1) is 8.17. The summed E-state index contributed by atoms with van der Waals surface area (Å²) < 4.78 is 5.43. The van der Waals surface area contributed by atoms with Crippen LogP contribution in [-0.2, 0) is 0 Å². The molecule has 1 aliphatic carbocycles. The molecular weight excluding hydrogens is 220 g/mol. The van der Waals surface area contributed by atoms with E-state index in [4.69, 9.17) is 10.6 Å². The zero-order chi connectivity index (χ0) is 12.3. The molecule has 4 N–H and O–H groups in total. The van der Waals surface area contributed by atoms with Crippen LogP contribution in [0.5, 0.6) is 6.01 Å². The van der Waals surface area contributed by atoms with Crippen LogP contribution in [0.4, 0.5) is 11.9 Å². The number of ether oxygens (including phenoxy) is 1. The molecule has 0 atom stereocenters. The SMILES string of the molecule is CC(C)Oc1nc(NN)nc(NC2CCC2)n1. The smallest absolute Gasteiger partial charge is 0.323 e. The van der Waals surface area contributed by atoms with Gasteiger partial charge in [0.1, 0.15) is 0 Å². The van der Waals surface area contributed by atoms with Gasteiger partial charge in [0.25, 0.3) is 0 Å². The summed E-state index contributed by atoms with van der Waals surface area (Å²) in [6, 6.07) is 0.736. The summed E-state index contributed by atoms with van der Waals surface area (Å²) in [5, 5.41) is 3.23. The van der Waals surface area contributed by atoms with E-state index in [2.05, 4.69) is 25.7 Å². The number of anilines is 2. The van der Waals surface area contributed by atoms with Crippen molar-refractivity contribution in [2.75, 3.05) is 10.7 Å². The van der Waals surface area contributed by atoms with Crippen molar-refractivity contribution in [3.8, 4) is 6.01 Å². The van der Waals surface area contributed by atoms with E-state index in [0.717, 1.165) is 12.8 Å². The molecule has 7 nitrogen and oxygen atoms in total. The monoisotopic (exact) mass is 238 g/mol. The van der Waals surface area contributed by atoms with Crippen LogP contribution in [0.3, 0.4) is 0 Å². The lowest BCUT2D eigenvalue weighted by molar-refractivity contribution is 0.222. The molecule has 94 valence electrons. The van der Waals surface area contributed by atoms with Crippen molar-refractivity contribution in [1.29, 1.82) is 0 Å². The fourth-order valence-electron chi connectivity index (χ4n) is 1.48. The minimum absolute atomic E-state index is 0.0135. The number of nitrogens with one attached hydrogen (secondary N) is 2. The number of aromatic nitrogens is 3. The van der Waals surface area contributed by atoms with Gasteiger partial charge in [0, 0.05) is 6.04 Å². The van der Waals surface area contributed by atoms with Gasteiger partial charge in [-0.05, 0) is 33.1 Å². The summed E-state index contributed by atoms with van der Waals surface area (Å²) in [6.45, 7) is 3.83. The second-order valence-corrected chi connectivity index (χ2v) is 4.35. The number of nitrogens with two attached hydrogens (primary N) is 1. The average molecular weight is 238 g/mol. The number of rotatable bonds is 5. The van der Waals surface area contributed by atoms with Crippen molar-refractivity contribution in [1.82, 2.24) is 15.0 Å². The molecule has 0 saturated heterocycles. The Morgan fingerprint density at radius 3 is 2.47 bits per heavy atom. The lowest BCUT2D eigenvalue weighted by Gasteiger charge is -2.26. The van der Waals surface area contributed by atoms with E-state index in [1.807, 2.05) is 13.8 Å². The Labute approximate surface area is 100 Å². The lowest BCUT2D eigenvalue weighted by atomic mass is 9.93. The maximum atomic E-state index is 5.43. The summed E-state index contributed by atoms with van der Waals surface area (Å²) >= 11 is 0.